The van der Waals surface area contributed by atoms with E-state index in [2.05, 4.69) is 0 Å². The molecule has 3 unspecified atom stereocenters. The van der Waals surface area contributed by atoms with Gasteiger partial charge in [0.1, 0.15) is 23.0 Å². The summed E-state index contributed by atoms with van der Waals surface area (Å²) >= 11 is 3.50. The van der Waals surface area contributed by atoms with Crippen LogP contribution in [0.25, 0.3) is 10.8 Å². The molecule has 0 heterocycles. The summed E-state index contributed by atoms with van der Waals surface area (Å²) in [5, 5.41) is -0.379. The van der Waals surface area contributed by atoms with Crippen molar-refractivity contribution in [2.24, 2.45) is 0 Å². The lowest BCUT2D eigenvalue weighted by Crippen LogP contribution is -2.11. The molecule has 5 aromatic carbocycles. The van der Waals surface area contributed by atoms with Gasteiger partial charge in [0, 0.05) is 49.1 Å². The Morgan fingerprint density at radius 1 is 0.471 bits per heavy atom. The predicted octanol–water partition coefficient (Wildman–Crippen LogP) is 10.8. The van der Waals surface area contributed by atoms with Crippen molar-refractivity contribution in [2.75, 3.05) is 28.4 Å². The van der Waals surface area contributed by atoms with Crippen molar-refractivity contribution in [3.05, 3.63) is 130 Å². The Bertz CT molecular complexity index is 2020. The van der Waals surface area contributed by atoms with E-state index >= 15 is 0 Å². The van der Waals surface area contributed by atoms with Gasteiger partial charge < -0.3 is 18.9 Å². The van der Waals surface area contributed by atoms with Gasteiger partial charge in [-0.2, -0.15) is 0 Å². The summed E-state index contributed by atoms with van der Waals surface area (Å²) < 4.78 is 24.7. The molecule has 0 spiro atoms. The van der Waals surface area contributed by atoms with Crippen LogP contribution >= 0.6 is 35.3 Å². The van der Waals surface area contributed by atoms with Crippen LogP contribution < -0.4 is 18.9 Å². The Kier molecular flexibility index (Phi) is 12.8. The second-order valence-electron chi connectivity index (χ2n) is 11.6. The highest BCUT2D eigenvalue weighted by Gasteiger charge is 2.35. The maximum absolute atomic E-state index is 13.6. The average molecular weight is 741 g/mol. The molecule has 0 bridgehead atoms. The molecule has 0 radical (unpaired) electrons. The van der Waals surface area contributed by atoms with E-state index in [1.807, 2.05) is 81.4 Å². The van der Waals surface area contributed by atoms with E-state index < -0.39 is 10.5 Å². The first-order valence-corrected chi connectivity index (χ1v) is 18.9. The maximum atomic E-state index is 13.6. The van der Waals surface area contributed by atoms with E-state index in [1.165, 1.54) is 11.8 Å². The zero-order valence-corrected chi connectivity index (χ0v) is 32.0. The van der Waals surface area contributed by atoms with Gasteiger partial charge in [-0.25, -0.2) is 0 Å². The number of fused-ring (bicyclic) bond motifs is 1. The molecule has 5 rings (SSSR count). The highest BCUT2D eigenvalue weighted by atomic mass is 32.2. The summed E-state index contributed by atoms with van der Waals surface area (Å²) in [5.41, 5.74) is 3.85. The first kappa shape index (κ1) is 37.9. The smallest absolute Gasteiger partial charge is 0.219 e. The lowest BCUT2D eigenvalue weighted by atomic mass is 9.91. The zero-order chi connectivity index (χ0) is 36.7. The average Bonchev–Trinajstić information content (AvgIpc) is 3.16. The first-order valence-electron chi connectivity index (χ1n) is 16.3. The van der Waals surface area contributed by atoms with Crippen LogP contribution in [0.2, 0.25) is 0 Å². The third kappa shape index (κ3) is 8.08. The van der Waals surface area contributed by atoms with Crippen molar-refractivity contribution >= 4 is 61.4 Å². The second kappa shape index (κ2) is 17.2. The van der Waals surface area contributed by atoms with Gasteiger partial charge in [-0.3, -0.25) is 14.4 Å². The number of methoxy groups -OCH3 is 4. The van der Waals surface area contributed by atoms with E-state index in [9.17, 15) is 14.4 Å². The van der Waals surface area contributed by atoms with Gasteiger partial charge in [-0.05, 0) is 26.8 Å². The normalized spacial score (nSPS) is 12.8. The van der Waals surface area contributed by atoms with Gasteiger partial charge in [0.2, 0.25) is 15.3 Å². The quantitative estimate of drug-likeness (QED) is 0.116. The summed E-state index contributed by atoms with van der Waals surface area (Å²) in [6.07, 6.45) is 0. The van der Waals surface area contributed by atoms with Crippen molar-refractivity contribution in [3.63, 3.8) is 0 Å². The fourth-order valence-corrected chi connectivity index (χ4v) is 8.91. The number of thioether (sulfide) groups is 3. The molecule has 0 amide bonds. The Labute approximate surface area is 311 Å². The largest absolute Gasteiger partial charge is 0.496 e. The number of hydrogen-bond acceptors (Lipinski definition) is 10. The molecule has 7 nitrogen and oxygen atoms in total. The van der Waals surface area contributed by atoms with Crippen LogP contribution in [0, 0.1) is 0 Å². The third-order valence-electron chi connectivity index (χ3n) is 8.47. The molecule has 0 fully saturated rings. The maximum Gasteiger partial charge on any atom is 0.219 e. The Balaban J connectivity index is 1.76. The van der Waals surface area contributed by atoms with Crippen molar-refractivity contribution in [3.8, 4) is 23.0 Å². The third-order valence-corrected chi connectivity index (χ3v) is 11.6. The van der Waals surface area contributed by atoms with E-state index in [0.29, 0.717) is 61.6 Å². The molecule has 0 aliphatic carbocycles. The van der Waals surface area contributed by atoms with Gasteiger partial charge in [0.25, 0.3) is 0 Å². The van der Waals surface area contributed by atoms with Crippen LogP contribution in [0.4, 0.5) is 0 Å². The van der Waals surface area contributed by atoms with E-state index in [4.69, 9.17) is 18.9 Å². The molecule has 10 heteroatoms. The summed E-state index contributed by atoms with van der Waals surface area (Å²) in [5.74, 6) is 1.91. The molecule has 51 heavy (non-hydrogen) atoms. The Morgan fingerprint density at radius 3 is 1.18 bits per heavy atom. The lowest BCUT2D eigenvalue weighted by Gasteiger charge is -2.29. The molecular formula is C41H40O7S3. The molecule has 264 valence electrons. The minimum absolute atomic E-state index is 0.0804. The summed E-state index contributed by atoms with van der Waals surface area (Å²) in [6.45, 7) is 5.83. The molecule has 3 atom stereocenters. The van der Waals surface area contributed by atoms with Crippen LogP contribution in [0.15, 0.2) is 97.1 Å². The number of carbonyl (C=O) groups excluding carboxylic acids is 3. The van der Waals surface area contributed by atoms with Gasteiger partial charge >= 0.3 is 0 Å². The highest BCUT2D eigenvalue weighted by molar-refractivity contribution is 8.15. The van der Waals surface area contributed by atoms with Crippen LogP contribution in [-0.2, 0) is 0 Å². The standard InChI is InChI=1S/C41H40O7S3/c1-24(49-39(42)27-17-11-8-12-18-27)30-23-31(45-4)34-35(36(30)46-5)38(48-7)33(26(3)51-41(44)29-21-15-10-16-22-29)32(37(34)47-6)25(2)50-40(43)28-19-13-9-14-20-28/h8-26H,1-7H3. The SMILES string of the molecule is COc1cc(C(C)SC(=O)c2ccccc2)c(OC)c2c(OC)c(C(C)SC(=O)c3ccccc3)c(C(C)SC(=O)c3ccccc3)c(OC)c12. The topological polar surface area (TPSA) is 88.1 Å². The van der Waals surface area contributed by atoms with Crippen LogP contribution in [0.5, 0.6) is 23.0 Å². The van der Waals surface area contributed by atoms with Crippen LogP contribution in [0.3, 0.4) is 0 Å². The fourth-order valence-electron chi connectivity index (χ4n) is 6.12. The highest BCUT2D eigenvalue weighted by Crippen LogP contribution is 2.57. The molecule has 0 saturated heterocycles. The summed E-state index contributed by atoms with van der Waals surface area (Å²) in [6, 6.07) is 29.2. The number of carbonyl (C=O) groups is 3. The van der Waals surface area contributed by atoms with Crippen LogP contribution in [-0.4, -0.2) is 43.8 Å². The zero-order valence-electron chi connectivity index (χ0n) is 29.6. The summed E-state index contributed by atoms with van der Waals surface area (Å²) in [7, 11) is 6.31. The summed E-state index contributed by atoms with van der Waals surface area (Å²) in [4.78, 5) is 40.5. The lowest BCUT2D eigenvalue weighted by molar-refractivity contribution is 0.108. The monoisotopic (exact) mass is 740 g/mol. The van der Waals surface area contributed by atoms with E-state index in [-0.39, 0.29) is 20.6 Å². The van der Waals surface area contributed by atoms with Crippen molar-refractivity contribution in [1.29, 1.82) is 0 Å². The van der Waals surface area contributed by atoms with Crippen molar-refractivity contribution in [2.45, 2.75) is 36.5 Å². The van der Waals surface area contributed by atoms with Gasteiger partial charge in [0.15, 0.2) is 0 Å². The second-order valence-corrected chi connectivity index (χ2v) is 15.5. The molecule has 5 aromatic rings. The van der Waals surface area contributed by atoms with Crippen molar-refractivity contribution in [1.82, 2.24) is 0 Å². The minimum atomic E-state index is -0.457. The van der Waals surface area contributed by atoms with Crippen LogP contribution in [0.1, 0.15) is 84.3 Å². The molecule has 0 aliphatic rings. The Morgan fingerprint density at radius 2 is 0.824 bits per heavy atom. The molecule has 0 N–H and O–H groups in total. The molecule has 0 aliphatic heterocycles. The molecule has 0 aromatic heterocycles. The number of benzene rings is 5. The fraction of sp³-hybridized carbons (Fsp3) is 0.244. The minimum Gasteiger partial charge on any atom is -0.496 e. The number of hydrogen-bond donors (Lipinski definition) is 0. The first-order chi connectivity index (χ1) is 24.6. The predicted molar refractivity (Wildman–Crippen MR) is 210 cm³/mol. The number of ether oxygens (including phenoxy) is 4. The van der Waals surface area contributed by atoms with Crippen molar-refractivity contribution < 1.29 is 33.3 Å². The van der Waals surface area contributed by atoms with Gasteiger partial charge in [-0.1, -0.05) is 126 Å². The van der Waals surface area contributed by atoms with Gasteiger partial charge in [0.05, 0.1) is 39.2 Å². The molecule has 0 saturated carbocycles. The van der Waals surface area contributed by atoms with E-state index in [1.54, 1.807) is 64.8 Å². The van der Waals surface area contributed by atoms with Gasteiger partial charge in [-0.15, -0.1) is 0 Å². The molecular weight excluding hydrogens is 701 g/mol. The van der Waals surface area contributed by atoms with E-state index in [0.717, 1.165) is 29.1 Å². The number of rotatable bonds is 13. The Hall–Kier alpha value is -4.38.